The van der Waals surface area contributed by atoms with Crippen molar-refractivity contribution in [1.82, 2.24) is 0 Å². The van der Waals surface area contributed by atoms with Gasteiger partial charge in [-0.3, -0.25) is 0 Å². The van der Waals surface area contributed by atoms with Crippen LogP contribution in [0.1, 0.15) is 67.2 Å². The molecule has 0 radical (unpaired) electrons. The van der Waals surface area contributed by atoms with Gasteiger partial charge in [0.1, 0.15) is 0 Å². The summed E-state index contributed by atoms with van der Waals surface area (Å²) in [5, 5.41) is 0. The Kier molecular flexibility index (Phi) is 5.67. The molecule has 2 unspecified atom stereocenters. The van der Waals surface area contributed by atoms with Crippen molar-refractivity contribution in [3.8, 4) is 0 Å². The van der Waals surface area contributed by atoms with E-state index in [1.807, 2.05) is 0 Å². The highest BCUT2D eigenvalue weighted by Crippen LogP contribution is 2.31. The number of hydrogen-bond acceptors (Lipinski definition) is 0. The molecule has 0 aromatic carbocycles. The normalized spacial score (nSPS) is 17.1. The zero-order valence-electron chi connectivity index (χ0n) is 10.5. The summed E-state index contributed by atoms with van der Waals surface area (Å²) in [7, 11) is 0. The molecule has 0 nitrogen and oxygen atoms in total. The molecule has 0 aliphatic heterocycles. The van der Waals surface area contributed by atoms with Gasteiger partial charge in [0, 0.05) is 0 Å². The third kappa shape index (κ3) is 6.12. The van der Waals surface area contributed by atoms with Crippen molar-refractivity contribution in [2.45, 2.75) is 67.2 Å². The molecule has 0 heteroatoms. The fourth-order valence-electron chi connectivity index (χ4n) is 1.63. The van der Waals surface area contributed by atoms with E-state index >= 15 is 0 Å². The van der Waals surface area contributed by atoms with Gasteiger partial charge in [-0.1, -0.05) is 60.8 Å². The third-order valence-electron chi connectivity index (χ3n) is 3.28. The molecular weight excluding hydrogens is 156 g/mol. The average Bonchev–Trinajstić information content (AvgIpc) is 1.99. The summed E-state index contributed by atoms with van der Waals surface area (Å²) in [6.07, 6.45) is 5.55. The maximum atomic E-state index is 2.40. The van der Waals surface area contributed by atoms with Crippen LogP contribution in [0.5, 0.6) is 0 Å². The molecular formula is C13H28. The lowest BCUT2D eigenvalue weighted by molar-refractivity contribution is 0.214. The van der Waals surface area contributed by atoms with Crippen molar-refractivity contribution in [2.75, 3.05) is 0 Å². The summed E-state index contributed by atoms with van der Waals surface area (Å²) in [4.78, 5) is 0. The molecule has 0 spiro atoms. The predicted octanol–water partition coefficient (Wildman–Crippen LogP) is 4.89. The van der Waals surface area contributed by atoms with Crippen LogP contribution in [0.2, 0.25) is 0 Å². The van der Waals surface area contributed by atoms with E-state index in [0.717, 1.165) is 11.8 Å². The summed E-state index contributed by atoms with van der Waals surface area (Å²) >= 11 is 0. The second kappa shape index (κ2) is 5.67. The Labute approximate surface area is 85.1 Å². The van der Waals surface area contributed by atoms with Gasteiger partial charge in [0.15, 0.2) is 0 Å². The molecule has 0 N–H and O–H groups in total. The summed E-state index contributed by atoms with van der Waals surface area (Å²) in [6, 6.07) is 0. The zero-order chi connectivity index (χ0) is 10.5. The molecule has 0 saturated heterocycles. The Bertz CT molecular complexity index is 118. The van der Waals surface area contributed by atoms with Crippen molar-refractivity contribution in [1.29, 1.82) is 0 Å². The second-order valence-corrected chi connectivity index (χ2v) is 5.75. The van der Waals surface area contributed by atoms with E-state index in [1.54, 1.807) is 0 Å². The van der Waals surface area contributed by atoms with Gasteiger partial charge in [0.25, 0.3) is 0 Å². The number of rotatable bonds is 5. The molecule has 13 heavy (non-hydrogen) atoms. The first-order chi connectivity index (χ1) is 5.88. The molecule has 0 heterocycles. The van der Waals surface area contributed by atoms with Crippen LogP contribution in [0.3, 0.4) is 0 Å². The summed E-state index contributed by atoms with van der Waals surface area (Å²) < 4.78 is 0. The third-order valence-corrected chi connectivity index (χ3v) is 3.28. The van der Waals surface area contributed by atoms with Gasteiger partial charge in [-0.05, 0) is 23.7 Å². The molecule has 0 amide bonds. The largest absolute Gasteiger partial charge is 0.0654 e. The van der Waals surface area contributed by atoms with Gasteiger partial charge in [-0.25, -0.2) is 0 Å². The van der Waals surface area contributed by atoms with E-state index < -0.39 is 0 Å². The van der Waals surface area contributed by atoms with Crippen LogP contribution in [0.4, 0.5) is 0 Å². The Morgan fingerprint density at radius 3 is 2.00 bits per heavy atom. The monoisotopic (exact) mass is 184 g/mol. The molecule has 0 saturated carbocycles. The van der Waals surface area contributed by atoms with E-state index in [1.165, 1.54) is 25.7 Å². The minimum absolute atomic E-state index is 0.487. The molecule has 0 fully saturated rings. The van der Waals surface area contributed by atoms with Crippen LogP contribution >= 0.6 is 0 Å². The van der Waals surface area contributed by atoms with Crippen molar-refractivity contribution < 1.29 is 0 Å². The lowest BCUT2D eigenvalue weighted by Crippen LogP contribution is -2.19. The Hall–Kier alpha value is 0. The first kappa shape index (κ1) is 13.0. The first-order valence-electron chi connectivity index (χ1n) is 5.88. The molecule has 2 atom stereocenters. The summed E-state index contributed by atoms with van der Waals surface area (Å²) in [5.41, 5.74) is 0.487. The first-order valence-corrected chi connectivity index (χ1v) is 5.88. The van der Waals surface area contributed by atoms with Crippen molar-refractivity contribution in [2.24, 2.45) is 17.3 Å². The molecule has 0 aliphatic rings. The lowest BCUT2D eigenvalue weighted by Gasteiger charge is -2.29. The number of hydrogen-bond donors (Lipinski definition) is 0. The van der Waals surface area contributed by atoms with E-state index in [0.29, 0.717) is 5.41 Å². The van der Waals surface area contributed by atoms with Crippen LogP contribution in [0, 0.1) is 17.3 Å². The van der Waals surface area contributed by atoms with E-state index in [2.05, 4.69) is 41.5 Å². The van der Waals surface area contributed by atoms with Gasteiger partial charge < -0.3 is 0 Å². The highest BCUT2D eigenvalue weighted by Gasteiger charge is 2.21. The highest BCUT2D eigenvalue weighted by molar-refractivity contribution is 4.72. The van der Waals surface area contributed by atoms with Crippen LogP contribution < -0.4 is 0 Å². The average molecular weight is 184 g/mol. The highest BCUT2D eigenvalue weighted by atomic mass is 14.3. The topological polar surface area (TPSA) is 0 Å². The van der Waals surface area contributed by atoms with Gasteiger partial charge in [0.05, 0.1) is 0 Å². The summed E-state index contributed by atoms with van der Waals surface area (Å²) in [6.45, 7) is 14.1. The lowest BCUT2D eigenvalue weighted by atomic mass is 9.76. The van der Waals surface area contributed by atoms with E-state index in [9.17, 15) is 0 Å². The van der Waals surface area contributed by atoms with Crippen molar-refractivity contribution in [3.05, 3.63) is 0 Å². The smallest absolute Gasteiger partial charge is 0.0357 e. The van der Waals surface area contributed by atoms with Gasteiger partial charge in [-0.2, -0.15) is 0 Å². The fourth-order valence-corrected chi connectivity index (χ4v) is 1.63. The number of unbranched alkanes of at least 4 members (excludes halogenated alkanes) is 1. The maximum Gasteiger partial charge on any atom is -0.0357 e. The van der Waals surface area contributed by atoms with Crippen LogP contribution in [0.25, 0.3) is 0 Å². The zero-order valence-corrected chi connectivity index (χ0v) is 10.5. The Morgan fingerprint density at radius 2 is 1.62 bits per heavy atom. The molecule has 80 valence electrons. The second-order valence-electron chi connectivity index (χ2n) is 5.75. The predicted molar refractivity (Wildman–Crippen MR) is 61.9 cm³/mol. The molecule has 0 aromatic rings. The van der Waals surface area contributed by atoms with E-state index in [-0.39, 0.29) is 0 Å². The van der Waals surface area contributed by atoms with Crippen molar-refractivity contribution in [3.63, 3.8) is 0 Å². The minimum atomic E-state index is 0.487. The Morgan fingerprint density at radius 1 is 1.08 bits per heavy atom. The molecule has 0 aliphatic carbocycles. The van der Waals surface area contributed by atoms with Gasteiger partial charge in [0.2, 0.25) is 0 Å². The fraction of sp³-hybridized carbons (Fsp3) is 1.00. The minimum Gasteiger partial charge on any atom is -0.0654 e. The van der Waals surface area contributed by atoms with Gasteiger partial charge in [-0.15, -0.1) is 0 Å². The van der Waals surface area contributed by atoms with Gasteiger partial charge >= 0.3 is 0 Å². The van der Waals surface area contributed by atoms with Crippen LogP contribution in [0.15, 0.2) is 0 Å². The van der Waals surface area contributed by atoms with E-state index in [4.69, 9.17) is 0 Å². The molecule has 0 bridgehead atoms. The van der Waals surface area contributed by atoms with Crippen LogP contribution in [-0.4, -0.2) is 0 Å². The molecule has 0 aromatic heterocycles. The Balaban J connectivity index is 3.71. The quantitative estimate of drug-likeness (QED) is 0.571. The SMILES string of the molecule is CCCCC(C)CC(C)C(C)(C)C. The maximum absolute atomic E-state index is 2.40. The molecule has 0 rings (SSSR count). The van der Waals surface area contributed by atoms with Crippen LogP contribution in [-0.2, 0) is 0 Å². The van der Waals surface area contributed by atoms with Crippen molar-refractivity contribution >= 4 is 0 Å². The summed E-state index contributed by atoms with van der Waals surface area (Å²) in [5.74, 6) is 1.76. The standard InChI is InChI=1S/C13H28/c1-7-8-9-11(2)10-12(3)13(4,5)6/h11-12H,7-10H2,1-6H3.